The number of benzene rings is 1. The average molecular weight is 307 g/mol. The molecule has 2 aromatic rings. The molecular formula is C11H9N5O4S. The minimum atomic E-state index is -4.49. The fraction of sp³-hybridized carbons (Fsp3) is 0. The van der Waals surface area contributed by atoms with Crippen LogP contribution in [0.2, 0.25) is 0 Å². The number of hydrogen-bond donors (Lipinski definition) is 4. The number of anilines is 2. The van der Waals surface area contributed by atoms with Crippen LogP contribution in [0.1, 0.15) is 5.56 Å². The van der Waals surface area contributed by atoms with Crippen molar-refractivity contribution >= 4 is 21.9 Å². The molecule has 0 saturated carbocycles. The van der Waals surface area contributed by atoms with Gasteiger partial charge in [0.05, 0.1) is 10.6 Å². The van der Waals surface area contributed by atoms with Crippen molar-refractivity contribution in [3.05, 3.63) is 23.8 Å². The molecule has 0 bridgehead atoms. The average Bonchev–Trinajstić information content (AvgIpc) is 2.37. The van der Waals surface area contributed by atoms with E-state index in [2.05, 4.69) is 9.97 Å². The van der Waals surface area contributed by atoms with E-state index in [1.807, 2.05) is 0 Å². The second-order valence-corrected chi connectivity index (χ2v) is 5.38. The lowest BCUT2D eigenvalue weighted by atomic mass is 10.1. The molecule has 108 valence electrons. The number of aromatic nitrogens is 2. The van der Waals surface area contributed by atoms with E-state index in [0.717, 1.165) is 18.2 Å². The monoisotopic (exact) mass is 307 g/mol. The van der Waals surface area contributed by atoms with E-state index < -0.39 is 15.0 Å². The van der Waals surface area contributed by atoms with Gasteiger partial charge < -0.3 is 16.6 Å². The van der Waals surface area contributed by atoms with Crippen LogP contribution in [0.15, 0.2) is 23.1 Å². The fourth-order valence-corrected chi connectivity index (χ4v) is 2.17. The third-order valence-corrected chi connectivity index (χ3v) is 3.44. The number of hydrogen-bond acceptors (Lipinski definition) is 8. The van der Waals surface area contributed by atoms with Gasteiger partial charge in [-0.3, -0.25) is 4.55 Å². The van der Waals surface area contributed by atoms with Gasteiger partial charge in [-0.25, -0.2) is 4.98 Å². The first-order valence-corrected chi connectivity index (χ1v) is 6.82. The first-order valence-electron chi connectivity index (χ1n) is 5.38. The molecule has 0 radical (unpaired) electrons. The van der Waals surface area contributed by atoms with Crippen LogP contribution in [0, 0.1) is 11.3 Å². The molecule has 6 N–H and O–H groups in total. The molecule has 2 rings (SSSR count). The molecule has 0 fully saturated rings. The number of nitriles is 1. The predicted molar refractivity (Wildman–Crippen MR) is 72.5 cm³/mol. The van der Waals surface area contributed by atoms with Crippen molar-refractivity contribution in [3.8, 4) is 23.1 Å². The Hall–Kier alpha value is -2.90. The summed E-state index contributed by atoms with van der Waals surface area (Å²) in [6.07, 6.45) is 0. The Labute approximate surface area is 119 Å². The van der Waals surface area contributed by atoms with E-state index in [9.17, 15) is 13.5 Å². The Bertz CT molecular complexity index is 873. The number of rotatable bonds is 2. The van der Waals surface area contributed by atoms with Gasteiger partial charge in [0, 0.05) is 5.56 Å². The zero-order chi connectivity index (χ0) is 15.8. The number of nitrogen functional groups attached to an aromatic ring is 2. The summed E-state index contributed by atoms with van der Waals surface area (Å²) < 4.78 is 31.3. The zero-order valence-electron chi connectivity index (χ0n) is 10.3. The first kappa shape index (κ1) is 14.5. The summed E-state index contributed by atoms with van der Waals surface area (Å²) in [6, 6.07) is 4.73. The maximum atomic E-state index is 11.1. The molecule has 10 heteroatoms. The van der Waals surface area contributed by atoms with E-state index in [-0.39, 0.29) is 34.3 Å². The Morgan fingerprint density at radius 3 is 2.48 bits per heavy atom. The second-order valence-electron chi connectivity index (χ2n) is 3.96. The second kappa shape index (κ2) is 4.89. The number of nitrogens with two attached hydrogens (primary N) is 2. The summed E-state index contributed by atoms with van der Waals surface area (Å²) in [4.78, 5) is 6.91. The van der Waals surface area contributed by atoms with Crippen LogP contribution in [-0.4, -0.2) is 28.0 Å². The van der Waals surface area contributed by atoms with Crippen molar-refractivity contribution in [2.24, 2.45) is 0 Å². The van der Waals surface area contributed by atoms with Gasteiger partial charge in [0.15, 0.2) is 0 Å². The molecular weight excluding hydrogens is 298 g/mol. The van der Waals surface area contributed by atoms with Gasteiger partial charge in [-0.2, -0.15) is 18.7 Å². The highest BCUT2D eigenvalue weighted by atomic mass is 32.2. The molecule has 1 aromatic carbocycles. The summed E-state index contributed by atoms with van der Waals surface area (Å²) in [5.74, 6) is -0.828. The molecule has 0 saturated heterocycles. The quantitative estimate of drug-likeness (QED) is 0.561. The number of phenolic OH excluding ortho intramolecular Hbond substituents is 1. The van der Waals surface area contributed by atoms with Crippen LogP contribution in [0.5, 0.6) is 5.75 Å². The lowest BCUT2D eigenvalue weighted by molar-refractivity contribution is 0.474. The van der Waals surface area contributed by atoms with Gasteiger partial charge in [-0.05, 0) is 18.2 Å². The standard InChI is InChI=1S/C11H9N5O4S/c12-4-7-9(15-11(14)16-10(7)13)6-3-5(21(18,19)20)1-2-8(6)17/h1-3,17H,(H,18,19,20)(H4,13,14,15,16). The summed E-state index contributed by atoms with van der Waals surface area (Å²) in [7, 11) is -4.49. The number of phenols is 1. The maximum absolute atomic E-state index is 11.1. The Kier molecular flexibility index (Phi) is 3.38. The fourth-order valence-electron chi connectivity index (χ4n) is 1.67. The molecule has 21 heavy (non-hydrogen) atoms. The first-order chi connectivity index (χ1) is 9.74. The Morgan fingerprint density at radius 1 is 1.24 bits per heavy atom. The molecule has 9 nitrogen and oxygen atoms in total. The van der Waals surface area contributed by atoms with E-state index in [0.29, 0.717) is 0 Å². The topological polar surface area (TPSA) is 176 Å². The van der Waals surface area contributed by atoms with E-state index in [1.165, 1.54) is 0 Å². The van der Waals surface area contributed by atoms with Crippen LogP contribution < -0.4 is 11.5 Å². The number of nitrogens with zero attached hydrogens (tertiary/aromatic N) is 3. The van der Waals surface area contributed by atoms with Gasteiger partial charge in [0.2, 0.25) is 5.95 Å². The van der Waals surface area contributed by atoms with Crippen LogP contribution in [0.25, 0.3) is 11.3 Å². The molecule has 0 atom stereocenters. The Balaban J connectivity index is 2.82. The molecule has 1 heterocycles. The third-order valence-electron chi connectivity index (χ3n) is 2.59. The number of aromatic hydroxyl groups is 1. The SMILES string of the molecule is N#Cc1c(N)nc(N)nc1-c1cc(S(=O)(=O)O)ccc1O. The van der Waals surface area contributed by atoms with Crippen LogP contribution in [-0.2, 0) is 10.1 Å². The van der Waals surface area contributed by atoms with Crippen molar-refractivity contribution in [1.82, 2.24) is 9.97 Å². The van der Waals surface area contributed by atoms with Crippen molar-refractivity contribution in [2.45, 2.75) is 4.90 Å². The van der Waals surface area contributed by atoms with Gasteiger partial charge in [-0.15, -0.1) is 0 Å². The van der Waals surface area contributed by atoms with Gasteiger partial charge in [-0.1, -0.05) is 0 Å². The van der Waals surface area contributed by atoms with Gasteiger partial charge in [0.1, 0.15) is 23.2 Å². The summed E-state index contributed by atoms with van der Waals surface area (Å²) >= 11 is 0. The molecule has 0 amide bonds. The van der Waals surface area contributed by atoms with Crippen LogP contribution in [0.4, 0.5) is 11.8 Å². The lowest BCUT2D eigenvalue weighted by Crippen LogP contribution is -2.05. The van der Waals surface area contributed by atoms with Crippen molar-refractivity contribution < 1.29 is 18.1 Å². The minimum absolute atomic E-state index is 0.123. The van der Waals surface area contributed by atoms with E-state index in [4.69, 9.17) is 21.3 Å². The molecule has 0 unspecified atom stereocenters. The van der Waals surface area contributed by atoms with E-state index in [1.54, 1.807) is 6.07 Å². The molecule has 1 aromatic heterocycles. The summed E-state index contributed by atoms with van der Waals surface area (Å²) in [5.41, 5.74) is 10.5. The van der Waals surface area contributed by atoms with Crippen molar-refractivity contribution in [2.75, 3.05) is 11.5 Å². The highest BCUT2D eigenvalue weighted by Crippen LogP contribution is 2.33. The predicted octanol–water partition coefficient (Wildman–Crippen LogP) is 0.132. The van der Waals surface area contributed by atoms with Gasteiger partial charge in [0.25, 0.3) is 10.1 Å². The Morgan fingerprint density at radius 2 is 1.90 bits per heavy atom. The van der Waals surface area contributed by atoms with Crippen LogP contribution >= 0.6 is 0 Å². The zero-order valence-corrected chi connectivity index (χ0v) is 11.2. The van der Waals surface area contributed by atoms with Gasteiger partial charge >= 0.3 is 0 Å². The van der Waals surface area contributed by atoms with Crippen molar-refractivity contribution in [1.29, 1.82) is 5.26 Å². The van der Waals surface area contributed by atoms with E-state index >= 15 is 0 Å². The highest BCUT2D eigenvalue weighted by molar-refractivity contribution is 7.85. The minimum Gasteiger partial charge on any atom is -0.507 e. The van der Waals surface area contributed by atoms with Crippen molar-refractivity contribution in [3.63, 3.8) is 0 Å². The largest absolute Gasteiger partial charge is 0.507 e. The molecule has 0 spiro atoms. The third kappa shape index (κ3) is 2.69. The highest BCUT2D eigenvalue weighted by Gasteiger charge is 2.19. The summed E-state index contributed by atoms with van der Waals surface area (Å²) in [5, 5.41) is 18.9. The normalized spacial score (nSPS) is 11.0. The smallest absolute Gasteiger partial charge is 0.294 e. The molecule has 0 aliphatic rings. The summed E-state index contributed by atoms with van der Waals surface area (Å²) in [6.45, 7) is 0. The molecule has 0 aliphatic heterocycles. The maximum Gasteiger partial charge on any atom is 0.294 e. The lowest BCUT2D eigenvalue weighted by Gasteiger charge is -2.09. The van der Waals surface area contributed by atoms with Crippen LogP contribution in [0.3, 0.4) is 0 Å². The molecule has 0 aliphatic carbocycles.